The molecule has 0 radical (unpaired) electrons. The first kappa shape index (κ1) is 12.1. The quantitative estimate of drug-likeness (QED) is 0.664. The van der Waals surface area contributed by atoms with Crippen LogP contribution >= 0.6 is 33.9 Å². The zero-order valence-corrected chi connectivity index (χ0v) is 12.0. The van der Waals surface area contributed by atoms with Gasteiger partial charge in [-0.1, -0.05) is 6.92 Å². The van der Waals surface area contributed by atoms with Crippen LogP contribution in [0.5, 0.6) is 0 Å². The molecule has 2 heterocycles. The molecule has 0 amide bonds. The van der Waals surface area contributed by atoms with Gasteiger partial charge in [-0.2, -0.15) is 0 Å². The van der Waals surface area contributed by atoms with Crippen molar-refractivity contribution >= 4 is 33.9 Å². The summed E-state index contributed by atoms with van der Waals surface area (Å²) in [6, 6.07) is 2.11. The van der Waals surface area contributed by atoms with Gasteiger partial charge < -0.3 is 9.73 Å². The summed E-state index contributed by atoms with van der Waals surface area (Å²) in [4.78, 5) is 4.25. The van der Waals surface area contributed by atoms with Crippen molar-refractivity contribution in [2.45, 2.75) is 19.9 Å². The summed E-state index contributed by atoms with van der Waals surface area (Å²) in [6.07, 6.45) is 2.91. The van der Waals surface area contributed by atoms with E-state index in [4.69, 9.17) is 4.42 Å². The first-order chi connectivity index (χ1) is 7.79. The minimum Gasteiger partial charge on any atom is -0.439 e. The maximum atomic E-state index is 5.66. The van der Waals surface area contributed by atoms with Crippen LogP contribution in [-0.2, 0) is 6.54 Å². The van der Waals surface area contributed by atoms with Gasteiger partial charge in [-0.05, 0) is 41.6 Å². The number of nitrogens with zero attached hydrogens (tertiary/aromatic N) is 1. The lowest BCUT2D eigenvalue weighted by molar-refractivity contribution is 0.478. The molecule has 0 saturated carbocycles. The lowest BCUT2D eigenvalue weighted by atomic mass is 10.3. The third kappa shape index (κ3) is 3.05. The van der Waals surface area contributed by atoms with Gasteiger partial charge in [0.25, 0.3) is 0 Å². The van der Waals surface area contributed by atoms with E-state index in [1.165, 1.54) is 2.88 Å². The topological polar surface area (TPSA) is 38.1 Å². The van der Waals surface area contributed by atoms with Gasteiger partial charge in [-0.3, -0.25) is 0 Å². The monoisotopic (exact) mass is 348 g/mol. The summed E-state index contributed by atoms with van der Waals surface area (Å²) in [5.41, 5.74) is 1.11. The van der Waals surface area contributed by atoms with Crippen molar-refractivity contribution in [3.05, 3.63) is 26.4 Å². The van der Waals surface area contributed by atoms with Crippen LogP contribution in [0.3, 0.4) is 0 Å². The van der Waals surface area contributed by atoms with Gasteiger partial charge in [-0.25, -0.2) is 4.98 Å². The molecule has 0 atom stereocenters. The molecule has 16 heavy (non-hydrogen) atoms. The number of halogens is 1. The molecule has 0 unspecified atom stereocenters. The highest BCUT2D eigenvalue weighted by Gasteiger charge is 2.07. The number of nitrogens with one attached hydrogen (secondary N) is 1. The average Bonchev–Trinajstić information content (AvgIpc) is 2.87. The van der Waals surface area contributed by atoms with Crippen molar-refractivity contribution in [1.82, 2.24) is 10.3 Å². The van der Waals surface area contributed by atoms with Gasteiger partial charge in [-0.15, -0.1) is 11.3 Å². The van der Waals surface area contributed by atoms with Crippen LogP contribution in [0.4, 0.5) is 0 Å². The molecule has 3 nitrogen and oxygen atoms in total. The molecular formula is C11H13IN2OS. The molecule has 0 aromatic carbocycles. The van der Waals surface area contributed by atoms with Crippen molar-refractivity contribution in [3.63, 3.8) is 0 Å². The van der Waals surface area contributed by atoms with E-state index in [0.717, 1.165) is 30.2 Å². The second-order valence-electron chi connectivity index (χ2n) is 3.43. The van der Waals surface area contributed by atoms with Crippen molar-refractivity contribution in [1.29, 1.82) is 0 Å². The number of rotatable bonds is 5. The highest BCUT2D eigenvalue weighted by atomic mass is 127. The second-order valence-corrected chi connectivity index (χ2v) is 6.24. The fourth-order valence-corrected chi connectivity index (χ4v) is 2.67. The van der Waals surface area contributed by atoms with Gasteiger partial charge in [0.05, 0.1) is 15.6 Å². The van der Waals surface area contributed by atoms with E-state index in [9.17, 15) is 0 Å². The van der Waals surface area contributed by atoms with Crippen LogP contribution in [0.1, 0.15) is 19.2 Å². The molecule has 0 bridgehead atoms. The molecule has 0 aliphatic rings. The third-order valence-corrected chi connectivity index (χ3v) is 3.90. The van der Waals surface area contributed by atoms with E-state index < -0.39 is 0 Å². The molecule has 5 heteroatoms. The van der Waals surface area contributed by atoms with Gasteiger partial charge in [0.2, 0.25) is 5.89 Å². The highest BCUT2D eigenvalue weighted by molar-refractivity contribution is 14.1. The van der Waals surface area contributed by atoms with Gasteiger partial charge >= 0.3 is 0 Å². The van der Waals surface area contributed by atoms with Crippen LogP contribution in [-0.4, -0.2) is 11.5 Å². The molecule has 2 aromatic rings. The zero-order valence-electron chi connectivity index (χ0n) is 9.00. The number of hydrogen-bond acceptors (Lipinski definition) is 4. The molecule has 0 aliphatic heterocycles. The fourth-order valence-electron chi connectivity index (χ4n) is 1.34. The van der Waals surface area contributed by atoms with Crippen molar-refractivity contribution in [2.75, 3.05) is 6.54 Å². The first-order valence-corrected chi connectivity index (χ1v) is 7.15. The average molecular weight is 348 g/mol. The van der Waals surface area contributed by atoms with E-state index >= 15 is 0 Å². The molecule has 86 valence electrons. The molecule has 2 rings (SSSR count). The minimum atomic E-state index is 0.703. The van der Waals surface area contributed by atoms with Crippen LogP contribution in [0.25, 0.3) is 11.3 Å². The lowest BCUT2D eigenvalue weighted by Crippen LogP contribution is -2.13. The van der Waals surface area contributed by atoms with Crippen LogP contribution < -0.4 is 5.32 Å². The Bertz CT molecular complexity index is 452. The van der Waals surface area contributed by atoms with Crippen molar-refractivity contribution in [2.24, 2.45) is 0 Å². The Hall–Kier alpha value is -0.400. The van der Waals surface area contributed by atoms with Crippen molar-refractivity contribution in [3.8, 4) is 11.3 Å². The summed E-state index contributed by atoms with van der Waals surface area (Å²) < 4.78 is 6.92. The molecule has 0 aliphatic carbocycles. The SMILES string of the molecule is CCCNCc1ncc(-c2csc(I)c2)o1. The summed E-state index contributed by atoms with van der Waals surface area (Å²) in [5, 5.41) is 5.36. The molecule has 2 aromatic heterocycles. The summed E-state index contributed by atoms with van der Waals surface area (Å²) >= 11 is 4.02. The predicted octanol–water partition coefficient (Wildman–Crippen LogP) is 3.51. The molecular weight excluding hydrogens is 335 g/mol. The van der Waals surface area contributed by atoms with Gasteiger partial charge in [0.15, 0.2) is 5.76 Å². The Balaban J connectivity index is 2.02. The molecule has 0 spiro atoms. The Labute approximate surface area is 112 Å². The first-order valence-electron chi connectivity index (χ1n) is 5.19. The fraction of sp³-hybridized carbons (Fsp3) is 0.364. The maximum absolute atomic E-state index is 5.66. The number of hydrogen-bond donors (Lipinski definition) is 1. The van der Waals surface area contributed by atoms with E-state index in [2.05, 4.69) is 51.3 Å². The van der Waals surface area contributed by atoms with Crippen molar-refractivity contribution < 1.29 is 4.42 Å². The highest BCUT2D eigenvalue weighted by Crippen LogP contribution is 2.26. The Kier molecular flexibility index (Phi) is 4.37. The van der Waals surface area contributed by atoms with E-state index in [0.29, 0.717) is 6.54 Å². The maximum Gasteiger partial charge on any atom is 0.208 e. The predicted molar refractivity (Wildman–Crippen MR) is 74.5 cm³/mol. The minimum absolute atomic E-state index is 0.703. The van der Waals surface area contributed by atoms with Crippen LogP contribution in [0.2, 0.25) is 0 Å². The molecule has 0 saturated heterocycles. The zero-order chi connectivity index (χ0) is 11.4. The van der Waals surface area contributed by atoms with Gasteiger partial charge in [0, 0.05) is 10.9 Å². The van der Waals surface area contributed by atoms with E-state index in [1.807, 2.05) is 0 Å². The Morgan fingerprint density at radius 2 is 2.44 bits per heavy atom. The second kappa shape index (κ2) is 5.79. The number of aromatic nitrogens is 1. The Morgan fingerprint density at radius 1 is 1.56 bits per heavy atom. The van der Waals surface area contributed by atoms with Crippen LogP contribution in [0.15, 0.2) is 22.1 Å². The molecule has 0 fully saturated rings. The molecule has 1 N–H and O–H groups in total. The smallest absolute Gasteiger partial charge is 0.208 e. The standard InChI is InChI=1S/C11H13IN2OS/c1-2-3-13-6-11-14-5-9(15-11)8-4-10(12)16-7-8/h4-5,7,13H,2-3,6H2,1H3. The number of thiophene rings is 1. The third-order valence-electron chi connectivity index (χ3n) is 2.11. The van der Waals surface area contributed by atoms with E-state index in [1.54, 1.807) is 17.5 Å². The van der Waals surface area contributed by atoms with E-state index in [-0.39, 0.29) is 0 Å². The lowest BCUT2D eigenvalue weighted by Gasteiger charge is -1.97. The summed E-state index contributed by atoms with van der Waals surface area (Å²) in [6.45, 7) is 3.84. The van der Waals surface area contributed by atoms with Crippen LogP contribution in [0, 0.1) is 2.88 Å². The largest absolute Gasteiger partial charge is 0.439 e. The summed E-state index contributed by atoms with van der Waals surface area (Å²) in [5.74, 6) is 1.61. The van der Waals surface area contributed by atoms with Gasteiger partial charge in [0.1, 0.15) is 0 Å². The normalized spacial score (nSPS) is 10.9. The Morgan fingerprint density at radius 3 is 3.12 bits per heavy atom. The summed E-state index contributed by atoms with van der Waals surface area (Å²) in [7, 11) is 0. The number of oxazole rings is 1.